The van der Waals surface area contributed by atoms with Crippen molar-refractivity contribution in [1.29, 1.82) is 0 Å². The second-order valence-electron chi connectivity index (χ2n) is 4.25. The summed E-state index contributed by atoms with van der Waals surface area (Å²) < 4.78 is 27.2. The van der Waals surface area contributed by atoms with Crippen LogP contribution in [0, 0.1) is 0 Å². The number of nitrogens with zero attached hydrogens (tertiary/aromatic N) is 1. The van der Waals surface area contributed by atoms with Gasteiger partial charge in [-0.15, -0.1) is 4.67 Å². The lowest BCUT2D eigenvalue weighted by Crippen LogP contribution is -1.93. The highest BCUT2D eigenvalue weighted by Crippen LogP contribution is 2.61. The molecule has 0 spiro atoms. The van der Waals surface area contributed by atoms with Crippen LogP contribution in [0.5, 0.6) is 0 Å². The molecule has 0 N–H and O–H groups in total. The summed E-state index contributed by atoms with van der Waals surface area (Å²) in [4.78, 5) is 4.74. The maximum atomic E-state index is 12.3. The van der Waals surface area contributed by atoms with E-state index >= 15 is 0 Å². The van der Waals surface area contributed by atoms with Crippen LogP contribution >= 0.6 is 18.2 Å². The SMILES string of the molecule is CCCSP(=O)(ON=Cc1ccc(COC)cc1)OOCC. The lowest BCUT2D eigenvalue weighted by molar-refractivity contribution is -0.206. The van der Waals surface area contributed by atoms with Crippen molar-refractivity contribution in [2.45, 2.75) is 26.9 Å². The zero-order chi connectivity index (χ0) is 16.3. The van der Waals surface area contributed by atoms with E-state index in [0.29, 0.717) is 12.4 Å². The Morgan fingerprint density at radius 3 is 2.59 bits per heavy atom. The van der Waals surface area contributed by atoms with Crippen molar-refractivity contribution >= 4 is 24.4 Å². The fraction of sp³-hybridized carbons (Fsp3) is 0.500. The Hall–Kier alpha value is -0.850. The molecule has 0 aromatic heterocycles. The van der Waals surface area contributed by atoms with Gasteiger partial charge in [0.25, 0.3) is 0 Å². The van der Waals surface area contributed by atoms with Crippen LogP contribution in [-0.4, -0.2) is 25.7 Å². The van der Waals surface area contributed by atoms with Gasteiger partial charge in [-0.1, -0.05) is 36.3 Å². The Morgan fingerprint density at radius 1 is 1.27 bits per heavy atom. The van der Waals surface area contributed by atoms with Gasteiger partial charge < -0.3 is 9.36 Å². The molecule has 124 valence electrons. The van der Waals surface area contributed by atoms with Crippen LogP contribution in [0.1, 0.15) is 31.4 Å². The predicted octanol–water partition coefficient (Wildman–Crippen LogP) is 4.40. The summed E-state index contributed by atoms with van der Waals surface area (Å²) in [6, 6.07) is 7.59. The summed E-state index contributed by atoms with van der Waals surface area (Å²) in [7, 11) is 1.65. The number of hydrogen-bond acceptors (Lipinski definition) is 7. The zero-order valence-corrected chi connectivity index (χ0v) is 14.8. The minimum absolute atomic E-state index is 0.282. The molecular formula is C14H22NO5PS. The average molecular weight is 347 g/mol. The number of methoxy groups -OCH3 is 1. The van der Waals surface area contributed by atoms with Gasteiger partial charge in [0, 0.05) is 12.9 Å². The lowest BCUT2D eigenvalue weighted by Gasteiger charge is -2.12. The molecule has 1 unspecified atom stereocenters. The van der Waals surface area contributed by atoms with Crippen LogP contribution in [0.4, 0.5) is 0 Å². The van der Waals surface area contributed by atoms with Gasteiger partial charge in [-0.25, -0.2) is 9.45 Å². The van der Waals surface area contributed by atoms with E-state index in [2.05, 4.69) is 5.16 Å². The van der Waals surface area contributed by atoms with E-state index in [1.54, 1.807) is 14.0 Å². The second kappa shape index (κ2) is 10.8. The van der Waals surface area contributed by atoms with Gasteiger partial charge in [-0.05, 0) is 35.9 Å². The molecule has 1 atom stereocenters. The minimum atomic E-state index is -3.43. The van der Waals surface area contributed by atoms with E-state index < -0.39 is 6.80 Å². The molecule has 0 amide bonds. The largest absolute Gasteiger partial charge is 0.486 e. The third kappa shape index (κ3) is 7.42. The van der Waals surface area contributed by atoms with E-state index in [4.69, 9.17) is 18.9 Å². The summed E-state index contributed by atoms with van der Waals surface area (Å²) in [5.41, 5.74) is 1.88. The summed E-state index contributed by atoms with van der Waals surface area (Å²) >= 11 is 1.06. The predicted molar refractivity (Wildman–Crippen MR) is 88.9 cm³/mol. The van der Waals surface area contributed by atoms with Crippen molar-refractivity contribution < 1.29 is 23.5 Å². The van der Waals surface area contributed by atoms with Gasteiger partial charge in [0.15, 0.2) is 0 Å². The van der Waals surface area contributed by atoms with E-state index in [1.165, 1.54) is 6.21 Å². The first-order valence-corrected chi connectivity index (χ1v) is 10.1. The number of oxime groups is 1. The van der Waals surface area contributed by atoms with E-state index in [-0.39, 0.29) is 6.61 Å². The van der Waals surface area contributed by atoms with E-state index in [1.807, 2.05) is 31.2 Å². The second-order valence-corrected chi connectivity index (χ2v) is 8.24. The minimum Gasteiger partial charge on any atom is -0.380 e. The van der Waals surface area contributed by atoms with Gasteiger partial charge in [0.1, 0.15) is 0 Å². The Balaban J connectivity index is 2.60. The fourth-order valence-corrected chi connectivity index (χ4v) is 4.04. The van der Waals surface area contributed by atoms with Crippen LogP contribution in [0.25, 0.3) is 0 Å². The highest BCUT2D eigenvalue weighted by Gasteiger charge is 2.28. The first-order chi connectivity index (χ1) is 10.6. The molecule has 6 nitrogen and oxygen atoms in total. The van der Waals surface area contributed by atoms with Gasteiger partial charge >= 0.3 is 6.80 Å². The highest BCUT2D eigenvalue weighted by molar-refractivity contribution is 8.55. The molecule has 0 heterocycles. The molecule has 1 aromatic rings. The smallest absolute Gasteiger partial charge is 0.380 e. The van der Waals surface area contributed by atoms with Crippen LogP contribution in [0.15, 0.2) is 29.4 Å². The number of rotatable bonds is 11. The monoisotopic (exact) mass is 347 g/mol. The summed E-state index contributed by atoms with van der Waals surface area (Å²) in [6.45, 7) is 1.11. The first kappa shape index (κ1) is 19.2. The molecule has 0 saturated heterocycles. The molecule has 0 fully saturated rings. The van der Waals surface area contributed by atoms with Crippen molar-refractivity contribution in [1.82, 2.24) is 0 Å². The van der Waals surface area contributed by atoms with Crippen molar-refractivity contribution in [2.24, 2.45) is 5.16 Å². The Bertz CT molecular complexity index is 483. The third-order valence-corrected chi connectivity index (χ3v) is 5.72. The summed E-state index contributed by atoms with van der Waals surface area (Å²) in [5, 5.41) is 3.75. The quantitative estimate of drug-likeness (QED) is 0.256. The van der Waals surface area contributed by atoms with Crippen molar-refractivity contribution in [3.05, 3.63) is 35.4 Å². The molecule has 0 aliphatic carbocycles. The van der Waals surface area contributed by atoms with Crippen molar-refractivity contribution in [2.75, 3.05) is 19.5 Å². The van der Waals surface area contributed by atoms with Gasteiger partial charge in [0.2, 0.25) is 0 Å². The Kier molecular flexibility index (Phi) is 9.43. The van der Waals surface area contributed by atoms with Crippen molar-refractivity contribution in [3.8, 4) is 0 Å². The van der Waals surface area contributed by atoms with E-state index in [0.717, 1.165) is 28.9 Å². The molecule has 0 radical (unpaired) electrons. The van der Waals surface area contributed by atoms with Gasteiger partial charge in [-0.2, -0.15) is 0 Å². The molecule has 1 aromatic carbocycles. The molecule has 22 heavy (non-hydrogen) atoms. The number of ether oxygens (including phenoxy) is 1. The maximum absolute atomic E-state index is 12.3. The summed E-state index contributed by atoms with van der Waals surface area (Å²) in [5.74, 6) is 0.631. The standard InChI is InChI=1S/C14H22NO5PS/c1-4-10-22-21(16,20-18-5-2)19-15-11-13-6-8-14(9-7-13)12-17-3/h6-9,11H,4-5,10,12H2,1-3H3. The summed E-state index contributed by atoms with van der Waals surface area (Å²) in [6.07, 6.45) is 2.32. The fourth-order valence-electron chi connectivity index (χ4n) is 1.39. The normalized spacial score (nSPS) is 14.1. The van der Waals surface area contributed by atoms with Gasteiger partial charge in [0.05, 0.1) is 19.4 Å². The third-order valence-electron chi connectivity index (χ3n) is 2.36. The molecule has 0 bridgehead atoms. The molecule has 8 heteroatoms. The van der Waals surface area contributed by atoms with Gasteiger partial charge in [-0.3, -0.25) is 0 Å². The highest BCUT2D eigenvalue weighted by atomic mass is 32.7. The lowest BCUT2D eigenvalue weighted by atomic mass is 10.1. The molecule has 0 aliphatic heterocycles. The van der Waals surface area contributed by atoms with Crippen molar-refractivity contribution in [3.63, 3.8) is 0 Å². The number of benzene rings is 1. The molecule has 1 rings (SSSR count). The molecule has 0 saturated carbocycles. The zero-order valence-electron chi connectivity index (χ0n) is 13.1. The van der Waals surface area contributed by atoms with Crippen LogP contribution < -0.4 is 0 Å². The maximum Gasteiger partial charge on any atom is 0.486 e. The van der Waals surface area contributed by atoms with Crippen LogP contribution in [0.2, 0.25) is 0 Å². The number of hydrogen-bond donors (Lipinski definition) is 0. The van der Waals surface area contributed by atoms with Crippen LogP contribution in [-0.2, 0) is 30.1 Å². The Labute approximate surface area is 135 Å². The molecule has 0 aliphatic rings. The first-order valence-electron chi connectivity index (χ1n) is 6.99. The Morgan fingerprint density at radius 2 is 2.00 bits per heavy atom. The molecular weight excluding hydrogens is 325 g/mol. The van der Waals surface area contributed by atoms with Crippen LogP contribution in [0.3, 0.4) is 0 Å². The average Bonchev–Trinajstić information content (AvgIpc) is 2.53. The van der Waals surface area contributed by atoms with E-state index in [9.17, 15) is 4.57 Å². The topological polar surface area (TPSA) is 66.4 Å².